The average molecular weight is 437 g/mol. The van der Waals surface area contributed by atoms with Gasteiger partial charge in [-0.25, -0.2) is 5.48 Å². The van der Waals surface area contributed by atoms with E-state index < -0.39 is 5.91 Å². The highest BCUT2D eigenvalue weighted by molar-refractivity contribution is 6.11. The molecule has 0 saturated carbocycles. The van der Waals surface area contributed by atoms with Crippen molar-refractivity contribution in [1.29, 1.82) is 0 Å². The van der Waals surface area contributed by atoms with Gasteiger partial charge in [0.25, 0.3) is 5.91 Å². The molecule has 0 fully saturated rings. The van der Waals surface area contributed by atoms with Crippen molar-refractivity contribution in [2.45, 2.75) is 13.5 Å². The second kappa shape index (κ2) is 9.46. The molecule has 1 aromatic heterocycles. The zero-order valence-corrected chi connectivity index (χ0v) is 18.2. The van der Waals surface area contributed by atoms with Crippen LogP contribution in [-0.2, 0) is 11.3 Å². The van der Waals surface area contributed by atoms with Crippen LogP contribution in [0.15, 0.2) is 90.1 Å². The topological polar surface area (TPSA) is 83.7 Å². The van der Waals surface area contributed by atoms with Crippen molar-refractivity contribution in [3.8, 4) is 0 Å². The van der Waals surface area contributed by atoms with Gasteiger partial charge in [-0.05, 0) is 48.4 Å². The first-order chi connectivity index (χ1) is 16.0. The summed E-state index contributed by atoms with van der Waals surface area (Å²) in [6, 6.07) is 21.2. The summed E-state index contributed by atoms with van der Waals surface area (Å²) in [6.45, 7) is 6.83. The number of hydrogen-bond acceptors (Lipinski definition) is 4. The lowest BCUT2D eigenvalue weighted by Gasteiger charge is -2.03. The van der Waals surface area contributed by atoms with Crippen LogP contribution in [0.3, 0.4) is 0 Å². The minimum absolute atomic E-state index is 0.111. The molecule has 0 atom stereocenters. The summed E-state index contributed by atoms with van der Waals surface area (Å²) >= 11 is 0. The molecule has 6 nitrogen and oxygen atoms in total. The summed E-state index contributed by atoms with van der Waals surface area (Å²) in [7, 11) is 0. The highest BCUT2D eigenvalue weighted by Crippen LogP contribution is 2.29. The van der Waals surface area contributed by atoms with Gasteiger partial charge >= 0.3 is 0 Å². The zero-order valence-electron chi connectivity index (χ0n) is 18.2. The van der Waals surface area contributed by atoms with Gasteiger partial charge in [-0.1, -0.05) is 49.0 Å². The molecule has 0 aliphatic heterocycles. The predicted molar refractivity (Wildman–Crippen MR) is 132 cm³/mol. The van der Waals surface area contributed by atoms with Crippen molar-refractivity contribution < 1.29 is 14.8 Å². The fourth-order valence-electron chi connectivity index (χ4n) is 3.86. The minimum Gasteiger partial charge on any atom is -0.341 e. The van der Waals surface area contributed by atoms with Crippen LogP contribution >= 0.6 is 0 Å². The van der Waals surface area contributed by atoms with Crippen molar-refractivity contribution in [1.82, 2.24) is 10.0 Å². The van der Waals surface area contributed by atoms with E-state index in [0.29, 0.717) is 11.1 Å². The fourth-order valence-corrected chi connectivity index (χ4v) is 3.86. The third-order valence-electron chi connectivity index (χ3n) is 5.43. The predicted octanol–water partition coefficient (Wildman–Crippen LogP) is 5.15. The van der Waals surface area contributed by atoms with E-state index in [2.05, 4.69) is 47.3 Å². The smallest absolute Gasteiger partial charge is 0.267 e. The number of benzene rings is 3. The molecule has 0 radical (unpaired) electrons. The average Bonchev–Trinajstić information content (AvgIpc) is 3.18. The van der Waals surface area contributed by atoms with Crippen LogP contribution in [-0.4, -0.2) is 27.7 Å². The van der Waals surface area contributed by atoms with Gasteiger partial charge in [-0.2, -0.15) is 0 Å². The van der Waals surface area contributed by atoms with Crippen LogP contribution in [0, 0.1) is 0 Å². The van der Waals surface area contributed by atoms with E-state index in [0.717, 1.165) is 23.0 Å². The number of aromatic nitrogens is 1. The number of hydrogen-bond donors (Lipinski definition) is 2. The van der Waals surface area contributed by atoms with Crippen molar-refractivity contribution >= 4 is 45.8 Å². The van der Waals surface area contributed by atoms with Gasteiger partial charge < -0.3 is 4.57 Å². The van der Waals surface area contributed by atoms with E-state index >= 15 is 0 Å². The molecule has 0 aliphatic rings. The molecule has 6 heteroatoms. The van der Waals surface area contributed by atoms with E-state index in [1.54, 1.807) is 30.5 Å². The molecule has 4 rings (SSSR count). The largest absolute Gasteiger partial charge is 0.341 e. The molecule has 1 amide bonds. The van der Waals surface area contributed by atoms with E-state index in [1.807, 2.05) is 18.2 Å². The number of hydroxylamine groups is 1. The third-order valence-corrected chi connectivity index (χ3v) is 5.43. The number of rotatable bonds is 7. The van der Waals surface area contributed by atoms with Crippen molar-refractivity contribution in [2.24, 2.45) is 4.99 Å². The number of nitrogens with zero attached hydrogens (tertiary/aromatic N) is 2. The Morgan fingerprint density at radius 1 is 1.00 bits per heavy atom. The second-order valence-electron chi connectivity index (χ2n) is 7.51. The number of allylic oxidation sites excluding steroid dienone is 1. The molecule has 0 spiro atoms. The number of Topliss-reactive ketones (excluding diaryl/α,β-unsaturated/α-hetero) is 1. The lowest BCUT2D eigenvalue weighted by atomic mass is 10.1. The van der Waals surface area contributed by atoms with Gasteiger partial charge in [-0.3, -0.25) is 19.8 Å². The first-order valence-corrected chi connectivity index (χ1v) is 10.5. The van der Waals surface area contributed by atoms with E-state index in [9.17, 15) is 9.59 Å². The Balaban J connectivity index is 1.57. The van der Waals surface area contributed by atoms with Gasteiger partial charge in [0.15, 0.2) is 0 Å². The molecule has 164 valence electrons. The molecule has 2 N–H and O–H groups in total. The third kappa shape index (κ3) is 4.51. The maximum atomic E-state index is 12.8. The summed E-state index contributed by atoms with van der Waals surface area (Å²) in [5.74, 6) is -0.962. The molecule has 0 aliphatic carbocycles. The maximum Gasteiger partial charge on any atom is 0.267 e. The number of aliphatic imine (C=N–C) groups is 1. The molecular weight excluding hydrogens is 414 g/mol. The summed E-state index contributed by atoms with van der Waals surface area (Å²) in [4.78, 5) is 28.2. The van der Waals surface area contributed by atoms with Gasteiger partial charge in [0.2, 0.25) is 5.78 Å². The minimum atomic E-state index is -0.653. The summed E-state index contributed by atoms with van der Waals surface area (Å²) < 4.78 is 2.28. The Kier molecular flexibility index (Phi) is 6.29. The lowest BCUT2D eigenvalue weighted by molar-refractivity contribution is -0.124. The Labute approximate surface area is 191 Å². The van der Waals surface area contributed by atoms with E-state index in [-0.39, 0.29) is 11.5 Å². The number of fused-ring (bicyclic) bond motifs is 3. The van der Waals surface area contributed by atoms with Crippen molar-refractivity contribution in [2.75, 3.05) is 0 Å². The van der Waals surface area contributed by atoms with Crippen LogP contribution in [0.4, 0.5) is 0 Å². The van der Waals surface area contributed by atoms with Gasteiger partial charge in [0.1, 0.15) is 5.70 Å². The van der Waals surface area contributed by atoms with Crippen molar-refractivity contribution in [3.63, 3.8) is 0 Å². The second-order valence-corrected chi connectivity index (χ2v) is 7.51. The van der Waals surface area contributed by atoms with Crippen LogP contribution in [0.5, 0.6) is 0 Å². The highest BCUT2D eigenvalue weighted by atomic mass is 16.5. The number of para-hydroxylation sites is 1. The number of nitrogens with one attached hydrogen (secondary N) is 1. The van der Waals surface area contributed by atoms with Crippen LogP contribution < -0.4 is 5.48 Å². The van der Waals surface area contributed by atoms with Gasteiger partial charge in [0, 0.05) is 46.2 Å². The zero-order chi connectivity index (χ0) is 23.4. The molecule has 33 heavy (non-hydrogen) atoms. The van der Waals surface area contributed by atoms with Crippen molar-refractivity contribution in [3.05, 3.63) is 102 Å². The number of carbonyl (C=O) groups is 2. The number of carbonyl (C=O) groups excluding carboxylic acids is 2. The number of ketones is 1. The molecular formula is C27H23N3O3. The normalized spacial score (nSPS) is 11.6. The van der Waals surface area contributed by atoms with Crippen LogP contribution in [0.1, 0.15) is 28.4 Å². The Hall–Kier alpha value is -4.29. The molecule has 0 unspecified atom stereocenters. The van der Waals surface area contributed by atoms with Gasteiger partial charge in [0.05, 0.1) is 0 Å². The number of amides is 1. The van der Waals surface area contributed by atoms with E-state index in [1.165, 1.54) is 28.5 Å². The summed E-state index contributed by atoms with van der Waals surface area (Å²) in [5.41, 5.74) is 5.90. The molecule has 0 saturated heterocycles. The van der Waals surface area contributed by atoms with Gasteiger partial charge in [-0.15, -0.1) is 0 Å². The van der Waals surface area contributed by atoms with Crippen LogP contribution in [0.2, 0.25) is 0 Å². The fraction of sp³-hybridized carbons (Fsp3) is 0.0741. The maximum absolute atomic E-state index is 12.8. The molecule has 4 aromatic rings. The summed E-state index contributed by atoms with van der Waals surface area (Å²) in [6.07, 6.45) is 4.31. The Morgan fingerprint density at radius 3 is 2.58 bits per heavy atom. The lowest BCUT2D eigenvalue weighted by Crippen LogP contribution is -2.14. The monoisotopic (exact) mass is 437 g/mol. The quantitative estimate of drug-likeness (QED) is 0.138. The molecule has 1 heterocycles. The number of aryl methyl sites for hydroxylation is 1. The molecule has 0 bridgehead atoms. The Bertz CT molecular complexity index is 1440. The highest BCUT2D eigenvalue weighted by Gasteiger charge is 2.11. The SMILES string of the molecule is C=C(N=Cc1ccc2c(c1)c1ccccc1n2CC)C(=O)c1cccc(C=CC(=O)NO)c1. The van der Waals surface area contributed by atoms with Crippen LogP contribution in [0.25, 0.3) is 27.9 Å². The van der Waals surface area contributed by atoms with E-state index in [4.69, 9.17) is 5.21 Å². The summed E-state index contributed by atoms with van der Waals surface area (Å²) in [5, 5.41) is 10.9. The first kappa shape index (κ1) is 21.9. The standard InChI is InChI=1S/C27H23N3O3/c1-3-30-24-10-5-4-9-22(24)23-16-20(11-13-25(23)30)17-28-18(2)27(32)21-8-6-7-19(15-21)12-14-26(31)29-33/h4-17,33H,2-3H2,1H3,(H,29,31). The molecule has 3 aromatic carbocycles. The Morgan fingerprint density at radius 2 is 1.79 bits per heavy atom. The first-order valence-electron chi connectivity index (χ1n) is 10.5.